The van der Waals surface area contributed by atoms with Gasteiger partial charge in [0.25, 0.3) is 0 Å². The van der Waals surface area contributed by atoms with Crippen molar-refractivity contribution in [2.75, 3.05) is 27.3 Å². The van der Waals surface area contributed by atoms with Crippen LogP contribution in [0.15, 0.2) is 18.2 Å². The standard InChI is InChI=1S/C15H21NO4/c1-19-12-6-5-11(14(10-12)20-2)9-13(15(17)18)16-7-3-4-8-16/h5-6,10,13H,3-4,7-9H2,1-2H3,(H,17,18)/t13-/m0/s1. The molecule has 1 N–H and O–H groups in total. The van der Waals surface area contributed by atoms with Gasteiger partial charge in [0.05, 0.1) is 14.2 Å². The van der Waals surface area contributed by atoms with Crippen LogP contribution in [0.3, 0.4) is 0 Å². The molecule has 1 atom stereocenters. The minimum atomic E-state index is -0.773. The van der Waals surface area contributed by atoms with E-state index in [1.165, 1.54) is 0 Å². The number of methoxy groups -OCH3 is 2. The van der Waals surface area contributed by atoms with E-state index in [1.54, 1.807) is 20.3 Å². The molecule has 1 aromatic carbocycles. The maximum absolute atomic E-state index is 11.5. The van der Waals surface area contributed by atoms with Gasteiger partial charge in [0.2, 0.25) is 0 Å². The summed E-state index contributed by atoms with van der Waals surface area (Å²) in [6.07, 6.45) is 2.59. The number of carboxylic acid groups (broad SMARTS) is 1. The molecule has 0 amide bonds. The Morgan fingerprint density at radius 3 is 2.55 bits per heavy atom. The fourth-order valence-electron chi connectivity index (χ4n) is 2.65. The van der Waals surface area contributed by atoms with Gasteiger partial charge in [-0.1, -0.05) is 6.07 Å². The van der Waals surface area contributed by atoms with Crippen LogP contribution in [0.2, 0.25) is 0 Å². The van der Waals surface area contributed by atoms with Crippen LogP contribution >= 0.6 is 0 Å². The third-order valence-corrected chi connectivity index (χ3v) is 3.77. The van der Waals surface area contributed by atoms with Gasteiger partial charge in [-0.25, -0.2) is 0 Å². The Morgan fingerprint density at radius 2 is 2.00 bits per heavy atom. The Bertz CT molecular complexity index is 469. The molecule has 0 spiro atoms. The number of likely N-dealkylation sites (tertiary alicyclic amines) is 1. The summed E-state index contributed by atoms with van der Waals surface area (Å²) in [4.78, 5) is 13.5. The third-order valence-electron chi connectivity index (χ3n) is 3.77. The number of hydrogen-bond acceptors (Lipinski definition) is 4. The van der Waals surface area contributed by atoms with Crippen LogP contribution < -0.4 is 9.47 Å². The normalized spacial score (nSPS) is 16.9. The van der Waals surface area contributed by atoms with Gasteiger partial charge in [0, 0.05) is 12.5 Å². The molecule has 110 valence electrons. The SMILES string of the molecule is COc1ccc(C[C@@H](C(=O)O)N2CCCC2)c(OC)c1. The fourth-order valence-corrected chi connectivity index (χ4v) is 2.65. The molecule has 2 rings (SSSR count). The second-order valence-corrected chi connectivity index (χ2v) is 4.98. The van der Waals surface area contributed by atoms with Crippen molar-refractivity contribution >= 4 is 5.97 Å². The average molecular weight is 279 g/mol. The van der Waals surface area contributed by atoms with Crippen LogP contribution in [0.1, 0.15) is 18.4 Å². The molecule has 1 saturated heterocycles. The highest BCUT2D eigenvalue weighted by atomic mass is 16.5. The second-order valence-electron chi connectivity index (χ2n) is 4.98. The van der Waals surface area contributed by atoms with Gasteiger partial charge in [0.15, 0.2) is 0 Å². The first-order chi connectivity index (χ1) is 9.65. The minimum Gasteiger partial charge on any atom is -0.497 e. The lowest BCUT2D eigenvalue weighted by atomic mass is 10.0. The van der Waals surface area contributed by atoms with E-state index in [2.05, 4.69) is 0 Å². The zero-order valence-corrected chi connectivity index (χ0v) is 12.0. The molecule has 0 aromatic heterocycles. The van der Waals surface area contributed by atoms with E-state index >= 15 is 0 Å². The maximum Gasteiger partial charge on any atom is 0.321 e. The van der Waals surface area contributed by atoms with E-state index in [0.717, 1.165) is 31.5 Å². The van der Waals surface area contributed by atoms with Gasteiger partial charge in [-0.3, -0.25) is 9.69 Å². The molecule has 1 aliphatic heterocycles. The maximum atomic E-state index is 11.5. The number of carboxylic acids is 1. The summed E-state index contributed by atoms with van der Waals surface area (Å²) in [6.45, 7) is 1.71. The van der Waals surface area contributed by atoms with Crippen LogP contribution in [-0.4, -0.2) is 49.3 Å². The van der Waals surface area contributed by atoms with E-state index in [9.17, 15) is 9.90 Å². The number of nitrogens with zero attached hydrogens (tertiary/aromatic N) is 1. The lowest BCUT2D eigenvalue weighted by molar-refractivity contribution is -0.142. The van der Waals surface area contributed by atoms with Crippen LogP contribution in [0, 0.1) is 0 Å². The molecule has 0 saturated carbocycles. The smallest absolute Gasteiger partial charge is 0.321 e. The highest BCUT2D eigenvalue weighted by Gasteiger charge is 2.28. The summed E-state index contributed by atoms with van der Waals surface area (Å²) in [5, 5.41) is 9.45. The van der Waals surface area contributed by atoms with E-state index in [-0.39, 0.29) is 0 Å². The van der Waals surface area contributed by atoms with Crippen molar-refractivity contribution in [3.8, 4) is 11.5 Å². The largest absolute Gasteiger partial charge is 0.497 e. The molecule has 0 radical (unpaired) electrons. The topological polar surface area (TPSA) is 59.0 Å². The summed E-state index contributed by atoms with van der Waals surface area (Å²) in [5.74, 6) is 0.609. The summed E-state index contributed by atoms with van der Waals surface area (Å²) >= 11 is 0. The van der Waals surface area contributed by atoms with E-state index < -0.39 is 12.0 Å². The molecule has 5 nitrogen and oxygen atoms in total. The summed E-state index contributed by atoms with van der Waals surface area (Å²) in [7, 11) is 3.18. The molecule has 1 aromatic rings. The summed E-state index contributed by atoms with van der Waals surface area (Å²) in [6, 6.07) is 5.02. The van der Waals surface area contributed by atoms with Crippen LogP contribution in [-0.2, 0) is 11.2 Å². The Morgan fingerprint density at radius 1 is 1.30 bits per heavy atom. The highest BCUT2D eigenvalue weighted by molar-refractivity contribution is 5.74. The lowest BCUT2D eigenvalue weighted by Gasteiger charge is -2.24. The molecule has 1 fully saturated rings. The predicted molar refractivity (Wildman–Crippen MR) is 75.5 cm³/mol. The number of rotatable bonds is 6. The molecular weight excluding hydrogens is 258 g/mol. The van der Waals surface area contributed by atoms with Crippen LogP contribution in [0.4, 0.5) is 0 Å². The molecule has 0 aliphatic carbocycles. The zero-order valence-electron chi connectivity index (χ0n) is 12.0. The summed E-state index contributed by atoms with van der Waals surface area (Å²) < 4.78 is 10.5. The molecule has 5 heteroatoms. The van der Waals surface area contributed by atoms with E-state index in [1.807, 2.05) is 17.0 Å². The first-order valence-corrected chi connectivity index (χ1v) is 6.83. The van der Waals surface area contributed by atoms with Crippen molar-refractivity contribution in [3.05, 3.63) is 23.8 Å². The van der Waals surface area contributed by atoms with Crippen molar-refractivity contribution in [3.63, 3.8) is 0 Å². The molecular formula is C15H21NO4. The first kappa shape index (κ1) is 14.7. The second kappa shape index (κ2) is 6.61. The Hall–Kier alpha value is -1.75. The van der Waals surface area contributed by atoms with Crippen LogP contribution in [0.5, 0.6) is 11.5 Å². The number of hydrogen-bond donors (Lipinski definition) is 1. The minimum absolute atomic E-state index is 0.447. The van der Waals surface area contributed by atoms with Gasteiger partial charge >= 0.3 is 5.97 Å². The lowest BCUT2D eigenvalue weighted by Crippen LogP contribution is -2.40. The average Bonchev–Trinajstić information content (AvgIpc) is 2.98. The van der Waals surface area contributed by atoms with Crippen LogP contribution in [0.25, 0.3) is 0 Å². The van der Waals surface area contributed by atoms with E-state index in [4.69, 9.17) is 9.47 Å². The number of benzene rings is 1. The predicted octanol–water partition coefficient (Wildman–Crippen LogP) is 1.80. The monoisotopic (exact) mass is 279 g/mol. The van der Waals surface area contributed by atoms with Gasteiger partial charge < -0.3 is 14.6 Å². The number of aliphatic carboxylic acids is 1. The fraction of sp³-hybridized carbons (Fsp3) is 0.533. The van der Waals surface area contributed by atoms with Gasteiger partial charge in [-0.05, 0) is 37.6 Å². The van der Waals surface area contributed by atoms with Crippen molar-refractivity contribution in [1.82, 2.24) is 4.90 Å². The quantitative estimate of drug-likeness (QED) is 0.860. The highest BCUT2D eigenvalue weighted by Crippen LogP contribution is 2.27. The van der Waals surface area contributed by atoms with Crippen molar-refractivity contribution in [2.24, 2.45) is 0 Å². The van der Waals surface area contributed by atoms with Crippen molar-refractivity contribution in [2.45, 2.75) is 25.3 Å². The Balaban J connectivity index is 2.19. The van der Waals surface area contributed by atoms with Gasteiger partial charge in [0.1, 0.15) is 17.5 Å². The number of carbonyl (C=O) groups is 1. The Labute approximate surface area is 119 Å². The molecule has 1 heterocycles. The van der Waals surface area contributed by atoms with Crippen molar-refractivity contribution < 1.29 is 19.4 Å². The molecule has 0 unspecified atom stereocenters. The van der Waals surface area contributed by atoms with Crippen molar-refractivity contribution in [1.29, 1.82) is 0 Å². The van der Waals surface area contributed by atoms with Gasteiger partial charge in [-0.2, -0.15) is 0 Å². The Kier molecular flexibility index (Phi) is 4.84. The molecule has 20 heavy (non-hydrogen) atoms. The first-order valence-electron chi connectivity index (χ1n) is 6.83. The third kappa shape index (κ3) is 3.22. The van der Waals surface area contributed by atoms with E-state index in [0.29, 0.717) is 17.9 Å². The summed E-state index contributed by atoms with van der Waals surface area (Å²) in [5.41, 5.74) is 0.896. The molecule has 0 bridgehead atoms. The number of ether oxygens (including phenoxy) is 2. The van der Waals surface area contributed by atoms with Gasteiger partial charge in [-0.15, -0.1) is 0 Å². The molecule has 1 aliphatic rings. The zero-order chi connectivity index (χ0) is 14.5.